The van der Waals surface area contributed by atoms with Crippen molar-refractivity contribution in [1.82, 2.24) is 20.5 Å². The van der Waals surface area contributed by atoms with Gasteiger partial charge in [0, 0.05) is 11.6 Å². The van der Waals surface area contributed by atoms with Crippen molar-refractivity contribution in [3.8, 4) is 0 Å². The van der Waals surface area contributed by atoms with Gasteiger partial charge in [0.15, 0.2) is 6.61 Å². The molecule has 0 fully saturated rings. The fourth-order valence-corrected chi connectivity index (χ4v) is 2.80. The van der Waals surface area contributed by atoms with Crippen molar-refractivity contribution in [3.05, 3.63) is 34.9 Å². The number of rotatable bonds is 6. The van der Waals surface area contributed by atoms with Crippen molar-refractivity contribution in [2.24, 2.45) is 0 Å². The zero-order valence-electron chi connectivity index (χ0n) is 12.8. The van der Waals surface area contributed by atoms with Crippen molar-refractivity contribution >= 4 is 28.5 Å². The van der Waals surface area contributed by atoms with Gasteiger partial charge in [0.2, 0.25) is 0 Å². The second-order valence-corrected chi connectivity index (χ2v) is 6.01. The van der Waals surface area contributed by atoms with Gasteiger partial charge in [-0.3, -0.25) is 4.79 Å². The Morgan fingerprint density at radius 2 is 2.30 bits per heavy atom. The standard InChI is InChI=1S/C16H19ClN4O2/c17-13-6-7-14-15(10-13)21(20-19-14)23-11-16(22)18-9-8-12-4-2-1-3-5-12/h4,6-7,10H,1-3,5,8-9,11H2,(H,18,22). The summed E-state index contributed by atoms with van der Waals surface area (Å²) in [5.74, 6) is -0.174. The summed E-state index contributed by atoms with van der Waals surface area (Å²) in [5, 5.41) is 11.2. The Bertz CT molecular complexity index is 726. The van der Waals surface area contributed by atoms with Crippen LogP contribution in [-0.2, 0) is 4.79 Å². The number of amides is 1. The van der Waals surface area contributed by atoms with E-state index in [-0.39, 0.29) is 12.5 Å². The van der Waals surface area contributed by atoms with Gasteiger partial charge in [0.1, 0.15) is 11.0 Å². The van der Waals surface area contributed by atoms with E-state index in [9.17, 15) is 4.79 Å². The zero-order chi connectivity index (χ0) is 16.1. The Balaban J connectivity index is 1.46. The third-order valence-corrected chi connectivity index (χ3v) is 4.08. The van der Waals surface area contributed by atoms with Gasteiger partial charge in [-0.15, -0.1) is 5.10 Å². The highest BCUT2D eigenvalue weighted by Crippen LogP contribution is 2.19. The van der Waals surface area contributed by atoms with Crippen LogP contribution in [0.25, 0.3) is 11.0 Å². The third-order valence-electron chi connectivity index (χ3n) is 3.85. The van der Waals surface area contributed by atoms with Crippen molar-refractivity contribution in [2.75, 3.05) is 13.2 Å². The van der Waals surface area contributed by atoms with E-state index >= 15 is 0 Å². The molecule has 23 heavy (non-hydrogen) atoms. The molecule has 1 amide bonds. The van der Waals surface area contributed by atoms with Gasteiger partial charge in [-0.05, 0) is 55.5 Å². The maximum Gasteiger partial charge on any atom is 0.260 e. The Hall–Kier alpha value is -2.08. The number of halogens is 1. The summed E-state index contributed by atoms with van der Waals surface area (Å²) in [4.78, 5) is 18.4. The smallest absolute Gasteiger partial charge is 0.260 e. The summed E-state index contributed by atoms with van der Waals surface area (Å²) in [5.41, 5.74) is 2.74. The second-order valence-electron chi connectivity index (χ2n) is 5.58. The van der Waals surface area contributed by atoms with E-state index < -0.39 is 0 Å². The molecule has 0 unspecified atom stereocenters. The normalized spacial score (nSPS) is 14.6. The summed E-state index contributed by atoms with van der Waals surface area (Å²) >= 11 is 5.94. The second kappa shape index (κ2) is 7.46. The number of allylic oxidation sites excluding steroid dienone is 1. The lowest BCUT2D eigenvalue weighted by Crippen LogP contribution is -2.32. The Kier molecular flexibility index (Phi) is 5.12. The van der Waals surface area contributed by atoms with Crippen LogP contribution in [0.2, 0.25) is 5.02 Å². The number of nitrogens with one attached hydrogen (secondary N) is 1. The Labute approximate surface area is 139 Å². The van der Waals surface area contributed by atoms with Gasteiger partial charge in [0.05, 0.1) is 0 Å². The number of fused-ring (bicyclic) bond motifs is 1. The highest BCUT2D eigenvalue weighted by atomic mass is 35.5. The average Bonchev–Trinajstić information content (AvgIpc) is 2.96. The van der Waals surface area contributed by atoms with Gasteiger partial charge in [-0.2, -0.15) is 0 Å². The molecule has 0 bridgehead atoms. The molecule has 0 saturated heterocycles. The first-order valence-electron chi connectivity index (χ1n) is 7.81. The van der Waals surface area contributed by atoms with Crippen LogP contribution in [0.4, 0.5) is 0 Å². The molecule has 1 aliphatic carbocycles. The number of carbonyl (C=O) groups excluding carboxylic acids is 1. The summed E-state index contributed by atoms with van der Waals surface area (Å²) in [6.07, 6.45) is 8.04. The fraction of sp³-hybridized carbons (Fsp3) is 0.438. The maximum absolute atomic E-state index is 11.8. The highest BCUT2D eigenvalue weighted by molar-refractivity contribution is 6.31. The molecular weight excluding hydrogens is 316 g/mol. The minimum Gasteiger partial charge on any atom is -0.385 e. The molecule has 1 N–H and O–H groups in total. The lowest BCUT2D eigenvalue weighted by molar-refractivity contribution is -0.126. The molecule has 0 atom stereocenters. The van der Waals surface area contributed by atoms with Crippen LogP contribution in [0.3, 0.4) is 0 Å². The summed E-state index contributed by atoms with van der Waals surface area (Å²) in [7, 11) is 0. The third kappa shape index (κ3) is 4.22. The van der Waals surface area contributed by atoms with E-state index in [1.54, 1.807) is 18.2 Å². The van der Waals surface area contributed by atoms with Crippen molar-refractivity contribution in [2.45, 2.75) is 32.1 Å². The van der Waals surface area contributed by atoms with Crippen LogP contribution < -0.4 is 10.2 Å². The van der Waals surface area contributed by atoms with Gasteiger partial charge in [0.25, 0.3) is 5.91 Å². The molecule has 1 aromatic heterocycles. The molecule has 1 aromatic carbocycles. The lowest BCUT2D eigenvalue weighted by atomic mass is 9.97. The molecule has 3 rings (SSSR count). The average molecular weight is 335 g/mol. The minimum absolute atomic E-state index is 0.107. The number of nitrogens with zero attached hydrogens (tertiary/aromatic N) is 3. The van der Waals surface area contributed by atoms with E-state index in [4.69, 9.17) is 16.4 Å². The predicted octanol–water partition coefficient (Wildman–Crippen LogP) is 2.52. The number of aromatic nitrogens is 3. The van der Waals surface area contributed by atoms with E-state index in [0.29, 0.717) is 22.6 Å². The van der Waals surface area contributed by atoms with E-state index in [2.05, 4.69) is 21.7 Å². The number of carbonyl (C=O) groups is 1. The van der Waals surface area contributed by atoms with Crippen molar-refractivity contribution in [1.29, 1.82) is 0 Å². The first-order chi connectivity index (χ1) is 11.2. The van der Waals surface area contributed by atoms with Gasteiger partial charge in [-0.25, -0.2) is 0 Å². The van der Waals surface area contributed by atoms with Gasteiger partial charge in [-0.1, -0.05) is 28.1 Å². The summed E-state index contributed by atoms with van der Waals surface area (Å²) in [6.45, 7) is 0.530. The van der Waals surface area contributed by atoms with Crippen LogP contribution in [0.1, 0.15) is 32.1 Å². The number of hydrogen-bond acceptors (Lipinski definition) is 4. The quantitative estimate of drug-likeness (QED) is 0.824. The molecule has 0 aliphatic heterocycles. The Morgan fingerprint density at radius 3 is 3.13 bits per heavy atom. The first-order valence-corrected chi connectivity index (χ1v) is 8.19. The van der Waals surface area contributed by atoms with Gasteiger partial charge < -0.3 is 10.2 Å². The van der Waals surface area contributed by atoms with Crippen molar-refractivity contribution < 1.29 is 9.63 Å². The predicted molar refractivity (Wildman–Crippen MR) is 88.2 cm³/mol. The largest absolute Gasteiger partial charge is 0.385 e. The van der Waals surface area contributed by atoms with E-state index in [0.717, 1.165) is 19.3 Å². The first kappa shape index (κ1) is 15.8. The van der Waals surface area contributed by atoms with Crippen LogP contribution in [0.15, 0.2) is 29.8 Å². The summed E-state index contributed by atoms with van der Waals surface area (Å²) < 4.78 is 0. The molecule has 1 heterocycles. The molecule has 1 aliphatic rings. The Morgan fingerprint density at radius 1 is 1.39 bits per heavy atom. The molecule has 0 radical (unpaired) electrons. The van der Waals surface area contributed by atoms with Crippen LogP contribution in [-0.4, -0.2) is 34.2 Å². The molecule has 2 aromatic rings. The van der Waals surface area contributed by atoms with E-state index in [1.165, 1.54) is 23.3 Å². The molecule has 122 valence electrons. The molecule has 6 nitrogen and oxygen atoms in total. The molecule has 0 spiro atoms. The monoisotopic (exact) mass is 334 g/mol. The summed E-state index contributed by atoms with van der Waals surface area (Å²) in [6, 6.07) is 5.18. The fourth-order valence-electron chi connectivity index (χ4n) is 2.63. The zero-order valence-corrected chi connectivity index (χ0v) is 13.6. The molecule has 7 heteroatoms. The van der Waals surface area contributed by atoms with E-state index in [1.807, 2.05) is 0 Å². The van der Waals surface area contributed by atoms with Crippen LogP contribution in [0, 0.1) is 0 Å². The highest BCUT2D eigenvalue weighted by Gasteiger charge is 2.09. The molecular formula is C16H19ClN4O2. The SMILES string of the molecule is O=C(COn1nnc2ccc(Cl)cc21)NCCC1=CCCCC1. The van der Waals surface area contributed by atoms with Gasteiger partial charge >= 0.3 is 0 Å². The lowest BCUT2D eigenvalue weighted by Gasteiger charge is -2.13. The van der Waals surface area contributed by atoms with Crippen LogP contribution in [0.5, 0.6) is 0 Å². The molecule has 0 saturated carbocycles. The van der Waals surface area contributed by atoms with Crippen molar-refractivity contribution in [3.63, 3.8) is 0 Å². The number of hydrogen-bond donors (Lipinski definition) is 1. The minimum atomic E-state index is -0.174. The topological polar surface area (TPSA) is 69.0 Å². The maximum atomic E-state index is 11.8. The number of benzene rings is 1. The van der Waals surface area contributed by atoms with Crippen LogP contribution >= 0.6 is 11.6 Å².